The molecular formula is C25H26ClN5O2. The van der Waals surface area contributed by atoms with Gasteiger partial charge in [-0.25, -0.2) is 9.67 Å². The van der Waals surface area contributed by atoms with E-state index in [9.17, 15) is 4.79 Å². The van der Waals surface area contributed by atoms with Crippen molar-refractivity contribution >= 4 is 28.5 Å². The minimum atomic E-state index is -0.664. The Kier molecular flexibility index (Phi) is 5.26. The monoisotopic (exact) mass is 463 g/mol. The number of aryl methyl sites for hydroxylation is 2. The molecule has 8 heteroatoms. The van der Waals surface area contributed by atoms with Gasteiger partial charge in [0, 0.05) is 44.5 Å². The van der Waals surface area contributed by atoms with Gasteiger partial charge >= 0.3 is 0 Å². The summed E-state index contributed by atoms with van der Waals surface area (Å²) in [5.41, 5.74) is 3.47. The van der Waals surface area contributed by atoms with Crippen LogP contribution in [0.25, 0.3) is 16.7 Å². The molecule has 1 saturated heterocycles. The van der Waals surface area contributed by atoms with Crippen molar-refractivity contribution in [2.75, 3.05) is 13.7 Å². The number of hydrogen-bond donors (Lipinski definition) is 0. The van der Waals surface area contributed by atoms with Gasteiger partial charge in [0.15, 0.2) is 0 Å². The fraction of sp³-hybridized carbons (Fsp3) is 0.320. The Morgan fingerprint density at radius 2 is 2.06 bits per heavy atom. The van der Waals surface area contributed by atoms with Crippen molar-refractivity contribution in [1.82, 2.24) is 24.2 Å². The third-order valence-corrected chi connectivity index (χ3v) is 6.88. The Morgan fingerprint density at radius 3 is 2.79 bits per heavy atom. The molecule has 1 aliphatic rings. The molecule has 2 aromatic carbocycles. The average molecular weight is 464 g/mol. The summed E-state index contributed by atoms with van der Waals surface area (Å²) in [5, 5.41) is 4.99. The predicted octanol–water partition coefficient (Wildman–Crippen LogP) is 4.50. The number of hydrogen-bond acceptors (Lipinski definition) is 4. The lowest BCUT2D eigenvalue weighted by Gasteiger charge is -2.35. The molecule has 33 heavy (non-hydrogen) atoms. The number of nitrogens with zero attached hydrogens (tertiary/aromatic N) is 5. The third kappa shape index (κ3) is 3.52. The van der Waals surface area contributed by atoms with Crippen molar-refractivity contribution in [1.29, 1.82) is 0 Å². The van der Waals surface area contributed by atoms with E-state index in [2.05, 4.69) is 16.6 Å². The van der Waals surface area contributed by atoms with Crippen molar-refractivity contribution in [3.05, 3.63) is 76.8 Å². The Hall–Kier alpha value is -3.16. The number of methoxy groups -OCH3 is 1. The number of rotatable bonds is 4. The van der Waals surface area contributed by atoms with Crippen LogP contribution in [0, 0.1) is 6.92 Å². The maximum atomic E-state index is 14.1. The summed E-state index contributed by atoms with van der Waals surface area (Å²) in [7, 11) is 3.67. The molecule has 0 spiro atoms. The Morgan fingerprint density at radius 1 is 1.24 bits per heavy atom. The lowest BCUT2D eigenvalue weighted by molar-refractivity contribution is 0.0585. The second kappa shape index (κ2) is 8.01. The summed E-state index contributed by atoms with van der Waals surface area (Å²) in [6, 6.07) is 13.4. The van der Waals surface area contributed by atoms with E-state index >= 15 is 0 Å². The van der Waals surface area contributed by atoms with Gasteiger partial charge in [0.1, 0.15) is 11.4 Å². The minimum absolute atomic E-state index is 0.0728. The van der Waals surface area contributed by atoms with Crippen molar-refractivity contribution in [3.63, 3.8) is 0 Å². The van der Waals surface area contributed by atoms with Crippen LogP contribution in [-0.4, -0.2) is 49.9 Å². The van der Waals surface area contributed by atoms with Gasteiger partial charge in [-0.3, -0.25) is 4.79 Å². The van der Waals surface area contributed by atoms with Crippen LogP contribution in [0.3, 0.4) is 0 Å². The van der Waals surface area contributed by atoms with E-state index in [4.69, 9.17) is 21.3 Å². The molecule has 2 aromatic heterocycles. The Balaban J connectivity index is 1.64. The van der Waals surface area contributed by atoms with E-state index in [1.165, 1.54) is 0 Å². The zero-order chi connectivity index (χ0) is 23.3. The Bertz CT molecular complexity index is 1350. The van der Waals surface area contributed by atoms with E-state index in [0.717, 1.165) is 28.1 Å². The summed E-state index contributed by atoms with van der Waals surface area (Å²) >= 11 is 6.22. The number of halogens is 1. The predicted molar refractivity (Wildman–Crippen MR) is 128 cm³/mol. The summed E-state index contributed by atoms with van der Waals surface area (Å²) in [4.78, 5) is 20.9. The fourth-order valence-electron chi connectivity index (χ4n) is 4.93. The van der Waals surface area contributed by atoms with E-state index in [-0.39, 0.29) is 12.0 Å². The molecule has 2 atom stereocenters. The molecule has 0 radical (unpaired) electrons. The highest BCUT2D eigenvalue weighted by Crippen LogP contribution is 2.41. The molecule has 0 bridgehead atoms. The zero-order valence-corrected chi connectivity index (χ0v) is 19.9. The van der Waals surface area contributed by atoms with Gasteiger partial charge in [0.05, 0.1) is 28.4 Å². The van der Waals surface area contributed by atoms with Gasteiger partial charge in [0.2, 0.25) is 0 Å². The number of ether oxygens (including phenoxy) is 1. The molecule has 0 saturated carbocycles. The number of imidazole rings is 1. The Labute approximate surface area is 197 Å². The number of aromatic nitrogens is 4. The smallest absolute Gasteiger partial charge is 0.256 e. The summed E-state index contributed by atoms with van der Waals surface area (Å²) in [6.45, 7) is 4.53. The third-order valence-electron chi connectivity index (χ3n) is 6.64. The number of benzene rings is 2. The number of carbonyl (C=O) groups is 1. The average Bonchev–Trinajstić information content (AvgIpc) is 3.52. The van der Waals surface area contributed by atoms with Gasteiger partial charge in [-0.15, -0.1) is 0 Å². The maximum absolute atomic E-state index is 14.1. The number of carbonyl (C=O) groups excluding carboxylic acids is 1. The quantitative estimate of drug-likeness (QED) is 0.447. The van der Waals surface area contributed by atoms with Crippen molar-refractivity contribution in [2.24, 2.45) is 7.05 Å². The highest BCUT2D eigenvalue weighted by Gasteiger charge is 2.49. The highest BCUT2D eigenvalue weighted by molar-refractivity contribution is 6.31. The van der Waals surface area contributed by atoms with E-state index in [1.54, 1.807) is 18.0 Å². The fourth-order valence-corrected chi connectivity index (χ4v) is 5.10. The second-order valence-electron chi connectivity index (χ2n) is 8.85. The zero-order valence-electron chi connectivity index (χ0n) is 19.1. The van der Waals surface area contributed by atoms with E-state index in [1.807, 2.05) is 67.5 Å². The van der Waals surface area contributed by atoms with E-state index in [0.29, 0.717) is 23.6 Å². The van der Waals surface area contributed by atoms with Crippen LogP contribution in [0.15, 0.2) is 54.9 Å². The van der Waals surface area contributed by atoms with Gasteiger partial charge in [-0.2, -0.15) is 5.10 Å². The van der Waals surface area contributed by atoms with E-state index < -0.39 is 5.54 Å². The molecular weight excluding hydrogens is 438 g/mol. The van der Waals surface area contributed by atoms with Crippen LogP contribution in [0.1, 0.15) is 35.1 Å². The maximum Gasteiger partial charge on any atom is 0.256 e. The normalized spacial score (nSPS) is 20.6. The molecule has 7 nitrogen and oxygen atoms in total. The van der Waals surface area contributed by atoms with Crippen molar-refractivity contribution in [2.45, 2.75) is 31.9 Å². The summed E-state index contributed by atoms with van der Waals surface area (Å²) in [5.74, 6) is 0.734. The molecule has 5 rings (SSSR count). The van der Waals surface area contributed by atoms with Gasteiger partial charge in [-0.05, 0) is 50.2 Å². The van der Waals surface area contributed by atoms with Crippen molar-refractivity contribution < 1.29 is 9.53 Å². The van der Waals surface area contributed by atoms with Crippen LogP contribution in [0.4, 0.5) is 0 Å². The first-order chi connectivity index (χ1) is 15.8. The van der Waals surface area contributed by atoms with Crippen LogP contribution < -0.4 is 0 Å². The molecule has 1 aliphatic heterocycles. The molecule has 0 aliphatic carbocycles. The molecule has 1 amide bonds. The summed E-state index contributed by atoms with van der Waals surface area (Å²) in [6.07, 6.45) is 4.10. The number of fused-ring (bicyclic) bond motifs is 1. The van der Waals surface area contributed by atoms with Crippen LogP contribution in [-0.2, 0) is 17.3 Å². The topological polar surface area (TPSA) is 65.2 Å². The van der Waals surface area contributed by atoms with Gasteiger partial charge in [0.25, 0.3) is 5.91 Å². The molecule has 170 valence electrons. The minimum Gasteiger partial charge on any atom is -0.380 e. The molecule has 3 heterocycles. The standard InChI is InChI=1S/C25H26ClN5O2/c1-16-6-8-21(31-11-5-10-27-31)19(12-16)23(32)30-15-18(33-4)14-25(30,2)24-28-20-13-17(26)7-9-22(20)29(24)3/h5-13,18H,14-15H2,1-4H3/t18-,25?/m1/s1. The highest BCUT2D eigenvalue weighted by atomic mass is 35.5. The summed E-state index contributed by atoms with van der Waals surface area (Å²) < 4.78 is 9.51. The lowest BCUT2D eigenvalue weighted by Crippen LogP contribution is -2.44. The second-order valence-corrected chi connectivity index (χ2v) is 9.29. The van der Waals surface area contributed by atoms with Gasteiger partial charge in [-0.1, -0.05) is 23.2 Å². The molecule has 4 aromatic rings. The van der Waals surface area contributed by atoms with Crippen LogP contribution in [0.2, 0.25) is 5.02 Å². The first-order valence-corrected chi connectivity index (χ1v) is 11.3. The van der Waals surface area contributed by atoms with Gasteiger partial charge < -0.3 is 14.2 Å². The number of amides is 1. The lowest BCUT2D eigenvalue weighted by atomic mass is 9.95. The first kappa shape index (κ1) is 21.7. The molecule has 1 fully saturated rings. The molecule has 0 N–H and O–H groups in total. The first-order valence-electron chi connectivity index (χ1n) is 10.9. The van der Waals surface area contributed by atoms with Crippen LogP contribution >= 0.6 is 11.6 Å². The van der Waals surface area contributed by atoms with Crippen LogP contribution in [0.5, 0.6) is 0 Å². The van der Waals surface area contributed by atoms with Crippen molar-refractivity contribution in [3.8, 4) is 5.69 Å². The molecule has 1 unspecified atom stereocenters. The largest absolute Gasteiger partial charge is 0.380 e. The number of likely N-dealkylation sites (tertiary alicyclic amines) is 1. The SMILES string of the molecule is CO[C@H]1CN(C(=O)c2cc(C)ccc2-n2cccn2)C(C)(c2nc3cc(Cl)ccc3n2C)C1.